The summed E-state index contributed by atoms with van der Waals surface area (Å²) in [6, 6.07) is 20.7. The zero-order valence-corrected chi connectivity index (χ0v) is 16.7. The number of amides is 2. The molecule has 0 spiro atoms. The van der Waals surface area contributed by atoms with Gasteiger partial charge in [-0.05, 0) is 31.2 Å². The number of carbonyl (C=O) groups is 2. The highest BCUT2D eigenvalue weighted by Gasteiger charge is 2.21. The molecule has 0 aliphatic heterocycles. The van der Waals surface area contributed by atoms with Crippen molar-refractivity contribution in [3.63, 3.8) is 0 Å². The summed E-state index contributed by atoms with van der Waals surface area (Å²) in [5.41, 5.74) is 4.07. The molecule has 0 aliphatic carbocycles. The molecule has 0 radical (unpaired) electrons. The second kappa shape index (κ2) is 8.13. The van der Waals surface area contributed by atoms with E-state index in [4.69, 9.17) is 0 Å². The van der Waals surface area contributed by atoms with Crippen molar-refractivity contribution in [2.75, 3.05) is 19.0 Å². The van der Waals surface area contributed by atoms with Crippen LogP contribution in [0.15, 0.2) is 66.7 Å². The van der Waals surface area contributed by atoms with Gasteiger partial charge in [0.2, 0.25) is 5.78 Å². The summed E-state index contributed by atoms with van der Waals surface area (Å²) in [6.07, 6.45) is 0. The molecule has 5 heteroatoms. The maximum Gasteiger partial charge on any atom is 0.324 e. The van der Waals surface area contributed by atoms with Crippen LogP contribution in [0.2, 0.25) is 0 Å². The number of aryl methyl sites for hydroxylation is 1. The van der Waals surface area contributed by atoms with Crippen LogP contribution in [0.3, 0.4) is 0 Å². The van der Waals surface area contributed by atoms with E-state index >= 15 is 0 Å². The largest absolute Gasteiger partial charge is 0.343 e. The predicted molar refractivity (Wildman–Crippen MR) is 112 cm³/mol. The first-order valence-electron chi connectivity index (χ1n) is 9.18. The van der Waals surface area contributed by atoms with Gasteiger partial charge in [-0.2, -0.15) is 0 Å². The Morgan fingerprint density at radius 2 is 1.54 bits per heavy atom. The molecule has 0 bridgehead atoms. The zero-order valence-electron chi connectivity index (χ0n) is 16.7. The van der Waals surface area contributed by atoms with Crippen molar-refractivity contribution in [2.45, 2.75) is 13.5 Å². The second-order valence-electron chi connectivity index (χ2n) is 7.06. The summed E-state index contributed by atoms with van der Waals surface area (Å²) >= 11 is 0. The van der Waals surface area contributed by atoms with Crippen LogP contribution < -0.4 is 4.90 Å². The molecule has 2 aromatic carbocycles. The third kappa shape index (κ3) is 3.98. The van der Waals surface area contributed by atoms with Gasteiger partial charge < -0.3 is 9.47 Å². The Morgan fingerprint density at radius 1 is 0.893 bits per heavy atom. The van der Waals surface area contributed by atoms with Crippen molar-refractivity contribution < 1.29 is 9.59 Å². The summed E-state index contributed by atoms with van der Waals surface area (Å²) in [7, 11) is 5.32. The first kappa shape index (κ1) is 19.4. The van der Waals surface area contributed by atoms with Gasteiger partial charge in [-0.25, -0.2) is 4.79 Å². The molecular formula is C23H25N3O2. The lowest BCUT2D eigenvalue weighted by molar-refractivity contribution is 0.103. The Kier molecular flexibility index (Phi) is 5.64. The topological polar surface area (TPSA) is 45.6 Å². The molecule has 3 rings (SSSR count). The standard InChI is InChI=1S/C23H25N3O2/c1-17-10-12-18(13-11-17)22(27)21-15-14-20(25(21)4)16-26(23(28)24(2)3)19-8-6-5-7-9-19/h5-15H,16H2,1-4H3. The Balaban J connectivity index is 1.90. The van der Waals surface area contributed by atoms with Crippen LogP contribution in [-0.2, 0) is 13.6 Å². The highest BCUT2D eigenvalue weighted by atomic mass is 16.2. The smallest absolute Gasteiger partial charge is 0.324 e. The maximum atomic E-state index is 12.9. The van der Waals surface area contributed by atoms with Gasteiger partial charge in [0, 0.05) is 38.1 Å². The van der Waals surface area contributed by atoms with Crippen LogP contribution in [0, 0.1) is 6.92 Å². The number of nitrogens with zero attached hydrogens (tertiary/aromatic N) is 3. The van der Waals surface area contributed by atoms with E-state index in [-0.39, 0.29) is 11.8 Å². The van der Waals surface area contributed by atoms with Crippen molar-refractivity contribution in [2.24, 2.45) is 7.05 Å². The number of hydrogen-bond acceptors (Lipinski definition) is 2. The molecule has 0 saturated carbocycles. The Bertz CT molecular complexity index is 973. The second-order valence-corrected chi connectivity index (χ2v) is 7.06. The first-order valence-corrected chi connectivity index (χ1v) is 9.18. The third-order valence-electron chi connectivity index (χ3n) is 4.77. The minimum atomic E-state index is -0.112. The van der Waals surface area contributed by atoms with E-state index in [9.17, 15) is 9.59 Å². The number of para-hydroxylation sites is 1. The molecule has 1 aromatic heterocycles. The van der Waals surface area contributed by atoms with Gasteiger partial charge in [0.15, 0.2) is 0 Å². The number of ketones is 1. The molecule has 144 valence electrons. The summed E-state index contributed by atoms with van der Waals surface area (Å²) in [5.74, 6) is -0.0288. The molecule has 2 amide bonds. The number of hydrogen-bond donors (Lipinski definition) is 0. The number of aromatic nitrogens is 1. The van der Waals surface area contributed by atoms with E-state index in [1.54, 1.807) is 23.9 Å². The van der Waals surface area contributed by atoms with Crippen LogP contribution >= 0.6 is 0 Å². The average molecular weight is 375 g/mol. The van der Waals surface area contributed by atoms with Crippen LogP contribution in [0.25, 0.3) is 0 Å². The Morgan fingerprint density at radius 3 is 2.14 bits per heavy atom. The molecule has 0 fully saturated rings. The normalized spacial score (nSPS) is 10.6. The lowest BCUT2D eigenvalue weighted by Gasteiger charge is -2.26. The van der Waals surface area contributed by atoms with Gasteiger partial charge in [0.25, 0.3) is 0 Å². The van der Waals surface area contributed by atoms with Gasteiger partial charge >= 0.3 is 6.03 Å². The summed E-state index contributed by atoms with van der Waals surface area (Å²) in [5, 5.41) is 0. The molecule has 0 N–H and O–H groups in total. The lowest BCUT2D eigenvalue weighted by atomic mass is 10.1. The Hall–Kier alpha value is -3.34. The Labute approximate surface area is 165 Å². The van der Waals surface area contributed by atoms with E-state index in [2.05, 4.69) is 0 Å². The zero-order chi connectivity index (χ0) is 20.3. The van der Waals surface area contributed by atoms with Crippen molar-refractivity contribution in [1.29, 1.82) is 0 Å². The molecule has 0 atom stereocenters. The minimum Gasteiger partial charge on any atom is -0.343 e. The minimum absolute atomic E-state index is 0.0288. The van der Waals surface area contributed by atoms with Gasteiger partial charge in [0.1, 0.15) is 0 Å². The van der Waals surface area contributed by atoms with Crippen molar-refractivity contribution in [1.82, 2.24) is 9.47 Å². The SMILES string of the molecule is Cc1ccc(C(=O)c2ccc(CN(C(=O)N(C)C)c3ccccc3)n2C)cc1. The highest BCUT2D eigenvalue weighted by Crippen LogP contribution is 2.20. The van der Waals surface area contributed by atoms with Gasteiger partial charge in [-0.15, -0.1) is 0 Å². The van der Waals surface area contributed by atoms with E-state index in [1.807, 2.05) is 85.3 Å². The fourth-order valence-electron chi connectivity index (χ4n) is 3.07. The molecule has 0 unspecified atom stereocenters. The van der Waals surface area contributed by atoms with Gasteiger partial charge in [-0.3, -0.25) is 9.69 Å². The highest BCUT2D eigenvalue weighted by molar-refractivity contribution is 6.08. The van der Waals surface area contributed by atoms with Gasteiger partial charge in [0.05, 0.1) is 12.2 Å². The van der Waals surface area contributed by atoms with E-state index < -0.39 is 0 Å². The molecule has 0 aliphatic rings. The number of rotatable bonds is 5. The van der Waals surface area contributed by atoms with E-state index in [0.29, 0.717) is 17.8 Å². The molecule has 5 nitrogen and oxygen atoms in total. The number of urea groups is 1. The fourth-order valence-corrected chi connectivity index (χ4v) is 3.07. The number of benzene rings is 2. The summed E-state index contributed by atoms with van der Waals surface area (Å²) in [4.78, 5) is 28.9. The summed E-state index contributed by atoms with van der Waals surface area (Å²) < 4.78 is 1.86. The number of carbonyl (C=O) groups excluding carboxylic acids is 2. The molecule has 0 saturated heterocycles. The van der Waals surface area contributed by atoms with Crippen molar-refractivity contribution in [3.05, 3.63) is 89.2 Å². The average Bonchev–Trinajstić information content (AvgIpc) is 3.06. The lowest BCUT2D eigenvalue weighted by Crippen LogP contribution is -2.39. The molecule has 1 heterocycles. The van der Waals surface area contributed by atoms with Crippen LogP contribution in [0.1, 0.15) is 27.3 Å². The third-order valence-corrected chi connectivity index (χ3v) is 4.77. The summed E-state index contributed by atoms with van der Waals surface area (Å²) in [6.45, 7) is 2.37. The maximum absolute atomic E-state index is 12.9. The monoisotopic (exact) mass is 375 g/mol. The van der Waals surface area contributed by atoms with Gasteiger partial charge in [-0.1, -0.05) is 48.0 Å². The predicted octanol–water partition coefficient (Wildman–Crippen LogP) is 4.25. The van der Waals surface area contributed by atoms with Crippen LogP contribution in [0.5, 0.6) is 0 Å². The quantitative estimate of drug-likeness (QED) is 0.626. The number of anilines is 1. The molecule has 3 aromatic rings. The van der Waals surface area contributed by atoms with Crippen molar-refractivity contribution in [3.8, 4) is 0 Å². The first-order chi connectivity index (χ1) is 13.4. The van der Waals surface area contributed by atoms with E-state index in [0.717, 1.165) is 16.9 Å². The van der Waals surface area contributed by atoms with Crippen LogP contribution in [0.4, 0.5) is 10.5 Å². The van der Waals surface area contributed by atoms with Crippen LogP contribution in [-0.4, -0.2) is 35.4 Å². The van der Waals surface area contributed by atoms with E-state index in [1.165, 1.54) is 0 Å². The molecule has 28 heavy (non-hydrogen) atoms. The fraction of sp³-hybridized carbons (Fsp3) is 0.217. The van der Waals surface area contributed by atoms with Crippen molar-refractivity contribution >= 4 is 17.5 Å². The molecular weight excluding hydrogens is 350 g/mol.